The number of hydrogen-bond donors (Lipinski definition) is 0. The third-order valence-electron chi connectivity index (χ3n) is 7.32. The molecular formula is C34H45F3N2O2. The molecule has 224 valence electrons. The molecule has 1 atom stereocenters. The van der Waals surface area contributed by atoms with E-state index in [-0.39, 0.29) is 19.4 Å². The van der Waals surface area contributed by atoms with Crippen LogP contribution < -0.4 is 9.47 Å². The van der Waals surface area contributed by atoms with E-state index in [0.717, 1.165) is 54.7 Å². The molecule has 0 saturated heterocycles. The lowest BCUT2D eigenvalue weighted by molar-refractivity contribution is -0.179. The van der Waals surface area contributed by atoms with Gasteiger partial charge in [-0.1, -0.05) is 83.8 Å². The Balaban J connectivity index is 1.45. The first-order chi connectivity index (χ1) is 19.9. The van der Waals surface area contributed by atoms with Gasteiger partial charge < -0.3 is 9.47 Å². The molecule has 0 aliphatic heterocycles. The van der Waals surface area contributed by atoms with E-state index in [9.17, 15) is 13.2 Å². The summed E-state index contributed by atoms with van der Waals surface area (Å²) in [6.45, 7) is 5.05. The molecule has 0 aliphatic rings. The lowest BCUT2D eigenvalue weighted by atomic mass is 9.97. The van der Waals surface area contributed by atoms with Crippen LogP contribution in [0, 0.1) is 5.92 Å². The predicted molar refractivity (Wildman–Crippen MR) is 160 cm³/mol. The van der Waals surface area contributed by atoms with Crippen LogP contribution in [0.25, 0.3) is 22.5 Å². The van der Waals surface area contributed by atoms with Gasteiger partial charge in [0.25, 0.3) is 0 Å². The van der Waals surface area contributed by atoms with E-state index < -0.39 is 12.1 Å². The molecule has 2 aromatic carbocycles. The van der Waals surface area contributed by atoms with Crippen molar-refractivity contribution in [2.75, 3.05) is 13.2 Å². The Bertz CT molecular complexity index is 1100. The Morgan fingerprint density at radius 3 is 1.68 bits per heavy atom. The van der Waals surface area contributed by atoms with Crippen molar-refractivity contribution in [1.82, 2.24) is 9.97 Å². The first-order valence-corrected chi connectivity index (χ1v) is 15.3. The highest BCUT2D eigenvalue weighted by Crippen LogP contribution is 2.33. The predicted octanol–water partition coefficient (Wildman–Crippen LogP) is 10.5. The lowest BCUT2D eigenvalue weighted by Gasteiger charge is -2.20. The fourth-order valence-electron chi connectivity index (χ4n) is 4.75. The van der Waals surface area contributed by atoms with Gasteiger partial charge in [0.2, 0.25) is 0 Å². The second kappa shape index (κ2) is 17.7. The standard InChI is InChI=1S/C34H45F3N2O2/c1-3-5-7-9-10-12-23-40-31-18-14-27(15-19-31)29-25-38-33(39-26-29)28-16-20-32(21-17-28)41-24-22-30(34(35,36)37)13-11-8-6-4-2/h14-21,25-26,30H,3-13,22-24H2,1-2H3. The van der Waals surface area contributed by atoms with Crippen LogP contribution in [0.4, 0.5) is 13.2 Å². The number of halogens is 3. The second-order valence-electron chi connectivity index (χ2n) is 10.7. The molecule has 0 spiro atoms. The van der Waals surface area contributed by atoms with E-state index in [4.69, 9.17) is 9.47 Å². The Morgan fingerprint density at radius 2 is 1.10 bits per heavy atom. The zero-order chi connectivity index (χ0) is 29.3. The van der Waals surface area contributed by atoms with Gasteiger partial charge in [-0.15, -0.1) is 0 Å². The fraction of sp³-hybridized carbons (Fsp3) is 0.529. The summed E-state index contributed by atoms with van der Waals surface area (Å²) in [6, 6.07) is 15.1. The molecule has 0 aliphatic carbocycles. The summed E-state index contributed by atoms with van der Waals surface area (Å²) in [6.07, 6.45) is 10.4. The molecule has 0 amide bonds. The maximum absolute atomic E-state index is 13.4. The van der Waals surface area contributed by atoms with Crippen LogP contribution in [0.5, 0.6) is 11.5 Å². The summed E-state index contributed by atoms with van der Waals surface area (Å²) < 4.78 is 51.6. The maximum Gasteiger partial charge on any atom is 0.391 e. The quantitative estimate of drug-likeness (QED) is 0.135. The third kappa shape index (κ3) is 11.7. The number of unbranched alkanes of at least 4 members (excludes halogenated alkanes) is 8. The third-order valence-corrected chi connectivity index (χ3v) is 7.32. The van der Waals surface area contributed by atoms with Gasteiger partial charge in [-0.3, -0.25) is 0 Å². The normalized spacial score (nSPS) is 12.3. The molecule has 7 heteroatoms. The topological polar surface area (TPSA) is 44.2 Å². The van der Waals surface area contributed by atoms with E-state index in [2.05, 4.69) is 23.8 Å². The molecule has 3 aromatic rings. The van der Waals surface area contributed by atoms with Crippen molar-refractivity contribution in [1.29, 1.82) is 0 Å². The Labute approximate surface area is 243 Å². The van der Waals surface area contributed by atoms with Gasteiger partial charge in [0.05, 0.1) is 19.1 Å². The van der Waals surface area contributed by atoms with Gasteiger partial charge >= 0.3 is 6.18 Å². The van der Waals surface area contributed by atoms with Crippen LogP contribution in [-0.2, 0) is 0 Å². The second-order valence-corrected chi connectivity index (χ2v) is 10.7. The highest BCUT2D eigenvalue weighted by molar-refractivity contribution is 5.64. The van der Waals surface area contributed by atoms with Crippen molar-refractivity contribution in [3.8, 4) is 34.0 Å². The molecule has 1 heterocycles. The minimum Gasteiger partial charge on any atom is -0.494 e. The van der Waals surface area contributed by atoms with Crippen molar-refractivity contribution in [3.63, 3.8) is 0 Å². The molecule has 3 rings (SSSR count). The number of hydrogen-bond acceptors (Lipinski definition) is 4. The molecule has 0 saturated carbocycles. The molecule has 0 N–H and O–H groups in total. The highest BCUT2D eigenvalue weighted by Gasteiger charge is 2.38. The minimum atomic E-state index is -4.19. The van der Waals surface area contributed by atoms with Crippen molar-refractivity contribution in [2.24, 2.45) is 5.92 Å². The van der Waals surface area contributed by atoms with E-state index in [1.807, 2.05) is 36.4 Å². The van der Waals surface area contributed by atoms with E-state index in [1.165, 1.54) is 32.1 Å². The number of ether oxygens (including phenoxy) is 2. The average Bonchev–Trinajstić information content (AvgIpc) is 2.98. The smallest absolute Gasteiger partial charge is 0.391 e. The van der Waals surface area contributed by atoms with Gasteiger partial charge in [0.15, 0.2) is 5.82 Å². The number of rotatable bonds is 19. The van der Waals surface area contributed by atoms with Crippen LogP contribution in [0.2, 0.25) is 0 Å². The largest absolute Gasteiger partial charge is 0.494 e. The molecule has 0 fully saturated rings. The zero-order valence-electron chi connectivity index (χ0n) is 24.6. The number of benzene rings is 2. The molecule has 41 heavy (non-hydrogen) atoms. The van der Waals surface area contributed by atoms with E-state index >= 15 is 0 Å². The minimum absolute atomic E-state index is 0.0331. The number of alkyl halides is 3. The Morgan fingerprint density at radius 1 is 0.585 bits per heavy atom. The van der Waals surface area contributed by atoms with Crippen LogP contribution in [-0.4, -0.2) is 29.4 Å². The Kier molecular flexibility index (Phi) is 14.0. The van der Waals surface area contributed by atoms with Crippen LogP contribution in [0.15, 0.2) is 60.9 Å². The average molecular weight is 571 g/mol. The van der Waals surface area contributed by atoms with Crippen molar-refractivity contribution in [2.45, 2.75) is 97.1 Å². The highest BCUT2D eigenvalue weighted by atomic mass is 19.4. The summed E-state index contributed by atoms with van der Waals surface area (Å²) in [5.74, 6) is 0.655. The Hall–Kier alpha value is -3.09. The number of aromatic nitrogens is 2. The summed E-state index contributed by atoms with van der Waals surface area (Å²) in [5, 5.41) is 0. The van der Waals surface area contributed by atoms with Crippen LogP contribution in [0.3, 0.4) is 0 Å². The zero-order valence-corrected chi connectivity index (χ0v) is 24.6. The molecule has 0 bridgehead atoms. The lowest BCUT2D eigenvalue weighted by Crippen LogP contribution is -2.25. The van der Waals surface area contributed by atoms with Crippen molar-refractivity contribution in [3.05, 3.63) is 60.9 Å². The summed E-state index contributed by atoms with van der Waals surface area (Å²) in [5.41, 5.74) is 2.73. The summed E-state index contributed by atoms with van der Waals surface area (Å²) in [7, 11) is 0. The van der Waals surface area contributed by atoms with E-state index in [0.29, 0.717) is 18.0 Å². The SMILES string of the molecule is CCCCCCCCOc1ccc(-c2cnc(-c3ccc(OCCC(CCCCCC)C(F)(F)F)cc3)nc2)cc1. The molecule has 1 aromatic heterocycles. The van der Waals surface area contributed by atoms with Gasteiger partial charge in [-0.25, -0.2) is 9.97 Å². The van der Waals surface area contributed by atoms with Crippen molar-refractivity contribution >= 4 is 0 Å². The van der Waals surface area contributed by atoms with E-state index in [1.54, 1.807) is 24.5 Å². The van der Waals surface area contributed by atoms with Crippen LogP contribution >= 0.6 is 0 Å². The number of nitrogens with zero attached hydrogens (tertiary/aromatic N) is 2. The molecular weight excluding hydrogens is 525 g/mol. The molecule has 4 nitrogen and oxygen atoms in total. The first-order valence-electron chi connectivity index (χ1n) is 15.3. The van der Waals surface area contributed by atoms with Crippen molar-refractivity contribution < 1.29 is 22.6 Å². The maximum atomic E-state index is 13.4. The first kappa shape index (κ1) is 32.4. The molecule has 1 unspecified atom stereocenters. The van der Waals surface area contributed by atoms with Gasteiger partial charge in [-0.2, -0.15) is 13.2 Å². The monoisotopic (exact) mass is 570 g/mol. The van der Waals surface area contributed by atoms with Gasteiger partial charge in [-0.05, 0) is 61.2 Å². The fourth-order valence-corrected chi connectivity index (χ4v) is 4.75. The molecule has 0 radical (unpaired) electrons. The summed E-state index contributed by atoms with van der Waals surface area (Å²) >= 11 is 0. The summed E-state index contributed by atoms with van der Waals surface area (Å²) in [4.78, 5) is 9.03. The van der Waals surface area contributed by atoms with Gasteiger partial charge in [0, 0.05) is 23.5 Å². The van der Waals surface area contributed by atoms with Crippen LogP contribution in [0.1, 0.15) is 90.9 Å². The van der Waals surface area contributed by atoms with Gasteiger partial charge in [0.1, 0.15) is 11.5 Å².